The van der Waals surface area contributed by atoms with Crippen LogP contribution in [0.3, 0.4) is 0 Å². The molecule has 2 bridgehead atoms. The molecule has 4 aliphatic rings. The molecule has 3 heterocycles. The van der Waals surface area contributed by atoms with Crippen LogP contribution in [0.4, 0.5) is 13.6 Å². The molecule has 8 heteroatoms. The molecule has 5 rings (SSSR count). The first-order valence-corrected chi connectivity index (χ1v) is 14.6. The third-order valence-corrected chi connectivity index (χ3v) is 9.49. The first-order chi connectivity index (χ1) is 18.1. The maximum atomic E-state index is 13.7. The Kier molecular flexibility index (Phi) is 7.73. The van der Waals surface area contributed by atoms with E-state index in [1.54, 1.807) is 0 Å². The molecule has 4 fully saturated rings. The summed E-state index contributed by atoms with van der Waals surface area (Å²) in [6.45, 7) is 6.85. The highest BCUT2D eigenvalue weighted by atomic mass is 19.3. The third-order valence-electron chi connectivity index (χ3n) is 9.49. The van der Waals surface area contributed by atoms with Crippen molar-refractivity contribution in [1.82, 2.24) is 20.0 Å². The summed E-state index contributed by atoms with van der Waals surface area (Å²) in [6, 6.07) is 10.9. The lowest BCUT2D eigenvalue weighted by molar-refractivity contribution is -0.130. The number of piperidine rings is 1. The number of nitrogens with one attached hydrogen (secondary N) is 1. The first kappa shape index (κ1) is 27.4. The van der Waals surface area contributed by atoms with Gasteiger partial charge in [-0.3, -0.25) is 9.69 Å². The number of benzene rings is 1. The number of fused-ring (bicyclic) bond motifs is 2. The fourth-order valence-corrected chi connectivity index (χ4v) is 7.65. The van der Waals surface area contributed by atoms with E-state index in [0.717, 1.165) is 57.3 Å². The van der Waals surface area contributed by atoms with Gasteiger partial charge in [0.1, 0.15) is 0 Å². The maximum Gasteiger partial charge on any atom is 0.320 e. The smallest absolute Gasteiger partial charge is 0.320 e. The van der Waals surface area contributed by atoms with Crippen LogP contribution in [0.1, 0.15) is 83.2 Å². The molecule has 3 amide bonds. The van der Waals surface area contributed by atoms with Gasteiger partial charge in [-0.25, -0.2) is 13.6 Å². The van der Waals surface area contributed by atoms with Crippen LogP contribution in [0.25, 0.3) is 0 Å². The van der Waals surface area contributed by atoms with Crippen molar-refractivity contribution in [3.63, 3.8) is 0 Å². The molecule has 2 unspecified atom stereocenters. The normalized spacial score (nSPS) is 30.4. The predicted octanol–water partition coefficient (Wildman–Crippen LogP) is 5.45. The summed E-state index contributed by atoms with van der Waals surface area (Å²) < 4.78 is 27.3. The molecule has 3 atom stereocenters. The summed E-state index contributed by atoms with van der Waals surface area (Å²) >= 11 is 0. The summed E-state index contributed by atoms with van der Waals surface area (Å²) in [5.74, 6) is -2.63. The van der Waals surface area contributed by atoms with Gasteiger partial charge in [0.15, 0.2) is 0 Å². The van der Waals surface area contributed by atoms with Gasteiger partial charge < -0.3 is 15.1 Å². The second kappa shape index (κ2) is 10.7. The zero-order valence-corrected chi connectivity index (χ0v) is 23.2. The van der Waals surface area contributed by atoms with E-state index in [1.165, 1.54) is 0 Å². The van der Waals surface area contributed by atoms with Crippen molar-refractivity contribution in [3.8, 4) is 0 Å². The summed E-state index contributed by atoms with van der Waals surface area (Å²) in [4.78, 5) is 32.9. The van der Waals surface area contributed by atoms with E-state index < -0.39 is 5.92 Å². The molecule has 1 aromatic rings. The molecule has 0 aromatic heterocycles. The van der Waals surface area contributed by atoms with E-state index in [9.17, 15) is 18.4 Å². The second-order valence-corrected chi connectivity index (χ2v) is 12.8. The lowest BCUT2D eigenvalue weighted by Crippen LogP contribution is -2.59. The molecular weight excluding hydrogens is 486 g/mol. The number of likely N-dealkylation sites (N-methyl/N-ethyl adjacent to an activating group) is 1. The van der Waals surface area contributed by atoms with Crippen molar-refractivity contribution in [2.75, 3.05) is 26.7 Å². The average Bonchev–Trinajstić information content (AvgIpc) is 3.25. The maximum absolute atomic E-state index is 13.7. The number of alkyl halides is 2. The lowest BCUT2D eigenvalue weighted by Gasteiger charge is -2.48. The number of rotatable bonds is 8. The van der Waals surface area contributed by atoms with Crippen LogP contribution >= 0.6 is 0 Å². The number of carbonyl (C=O) groups is 2. The average molecular weight is 531 g/mol. The number of nitrogens with zero attached hydrogens (tertiary/aromatic N) is 3. The SMILES string of the molecule is CC(C)CN1C(=O)N(C)CC12CC1CCC(C2)N1CC[C@H](NC(=O)C1CCC(F)(F)CC1)c1ccccc1. The second-order valence-electron chi connectivity index (χ2n) is 12.8. The van der Waals surface area contributed by atoms with Gasteiger partial charge in [0.2, 0.25) is 11.8 Å². The van der Waals surface area contributed by atoms with Gasteiger partial charge in [0, 0.05) is 57.5 Å². The molecule has 3 saturated heterocycles. The van der Waals surface area contributed by atoms with Gasteiger partial charge in [-0.05, 0) is 56.4 Å². The molecule has 210 valence electrons. The van der Waals surface area contributed by atoms with E-state index in [1.807, 2.05) is 42.3 Å². The van der Waals surface area contributed by atoms with Crippen molar-refractivity contribution in [2.24, 2.45) is 11.8 Å². The summed E-state index contributed by atoms with van der Waals surface area (Å²) in [6.07, 6.45) is 5.19. The topological polar surface area (TPSA) is 55.9 Å². The van der Waals surface area contributed by atoms with Crippen LogP contribution in [-0.4, -0.2) is 76.9 Å². The Morgan fingerprint density at radius 1 is 1.05 bits per heavy atom. The molecule has 1 aromatic carbocycles. The fraction of sp³-hybridized carbons (Fsp3) is 0.733. The lowest BCUT2D eigenvalue weighted by atomic mass is 9.81. The monoisotopic (exact) mass is 530 g/mol. The predicted molar refractivity (Wildman–Crippen MR) is 144 cm³/mol. The van der Waals surface area contributed by atoms with Crippen molar-refractivity contribution in [1.29, 1.82) is 0 Å². The van der Waals surface area contributed by atoms with E-state index in [4.69, 9.17) is 0 Å². The van der Waals surface area contributed by atoms with Crippen LogP contribution in [0.15, 0.2) is 30.3 Å². The minimum absolute atomic E-state index is 0.0749. The molecule has 38 heavy (non-hydrogen) atoms. The highest BCUT2D eigenvalue weighted by molar-refractivity contribution is 5.79. The number of carbonyl (C=O) groups excluding carboxylic acids is 2. The highest BCUT2D eigenvalue weighted by Gasteiger charge is 2.56. The molecule has 1 N–H and O–H groups in total. The number of amides is 3. The van der Waals surface area contributed by atoms with Crippen LogP contribution in [0.5, 0.6) is 0 Å². The Morgan fingerprint density at radius 2 is 1.68 bits per heavy atom. The Morgan fingerprint density at radius 3 is 2.29 bits per heavy atom. The molecule has 0 radical (unpaired) electrons. The Bertz CT molecular complexity index is 979. The van der Waals surface area contributed by atoms with Crippen LogP contribution in [0, 0.1) is 11.8 Å². The zero-order chi connectivity index (χ0) is 27.1. The third kappa shape index (κ3) is 5.56. The van der Waals surface area contributed by atoms with Crippen molar-refractivity contribution < 1.29 is 18.4 Å². The molecule has 1 saturated carbocycles. The summed E-state index contributed by atoms with van der Waals surface area (Å²) in [5.41, 5.74) is 0.989. The van der Waals surface area contributed by atoms with E-state index in [2.05, 4.69) is 29.0 Å². The molecular formula is C30H44F2N4O2. The van der Waals surface area contributed by atoms with Crippen LogP contribution in [-0.2, 0) is 4.79 Å². The van der Waals surface area contributed by atoms with Crippen molar-refractivity contribution in [3.05, 3.63) is 35.9 Å². The number of halogens is 2. The Hall–Kier alpha value is -2.22. The number of urea groups is 1. The number of hydrogen-bond donors (Lipinski definition) is 1. The molecule has 1 spiro atoms. The minimum atomic E-state index is -2.63. The van der Waals surface area contributed by atoms with Gasteiger partial charge in [-0.2, -0.15) is 0 Å². The van der Waals surface area contributed by atoms with E-state index in [-0.39, 0.29) is 55.1 Å². The van der Waals surface area contributed by atoms with Gasteiger partial charge in [-0.15, -0.1) is 0 Å². The van der Waals surface area contributed by atoms with Crippen LogP contribution < -0.4 is 5.32 Å². The molecule has 1 aliphatic carbocycles. The highest BCUT2D eigenvalue weighted by Crippen LogP contribution is 2.47. The van der Waals surface area contributed by atoms with E-state index >= 15 is 0 Å². The standard InChI is InChI=1S/C30H44F2N4O2/c1-21(2)19-36-28(38)34(3)20-29(36)17-24-9-10-25(18-29)35(24)16-13-26(22-7-5-4-6-8-22)33-27(37)23-11-14-30(31,32)15-12-23/h4-8,21,23-26H,9-20H2,1-3H3,(H,33,37)/t24?,25?,26-,29?/m0/s1. The Labute approximate surface area is 226 Å². The summed E-state index contributed by atoms with van der Waals surface area (Å²) in [7, 11) is 1.93. The van der Waals surface area contributed by atoms with Gasteiger partial charge in [-0.1, -0.05) is 44.2 Å². The zero-order valence-electron chi connectivity index (χ0n) is 23.2. The van der Waals surface area contributed by atoms with Crippen molar-refractivity contribution >= 4 is 11.9 Å². The number of hydrogen-bond acceptors (Lipinski definition) is 3. The van der Waals surface area contributed by atoms with Crippen molar-refractivity contribution in [2.45, 2.75) is 101 Å². The molecule has 3 aliphatic heterocycles. The van der Waals surface area contributed by atoms with E-state index in [0.29, 0.717) is 18.0 Å². The van der Waals surface area contributed by atoms with Crippen LogP contribution in [0.2, 0.25) is 0 Å². The first-order valence-electron chi connectivity index (χ1n) is 14.6. The largest absolute Gasteiger partial charge is 0.349 e. The quantitative estimate of drug-likeness (QED) is 0.486. The fourth-order valence-electron chi connectivity index (χ4n) is 7.65. The summed E-state index contributed by atoms with van der Waals surface area (Å²) in [5, 5.41) is 3.24. The van der Waals surface area contributed by atoms with Gasteiger partial charge >= 0.3 is 6.03 Å². The Balaban J connectivity index is 1.25. The minimum Gasteiger partial charge on any atom is -0.349 e. The van der Waals surface area contributed by atoms with Gasteiger partial charge in [0.25, 0.3) is 0 Å². The molecule has 6 nitrogen and oxygen atoms in total. The van der Waals surface area contributed by atoms with Gasteiger partial charge in [0.05, 0.1) is 11.6 Å².